The molecule has 0 saturated carbocycles. The maximum Gasteiger partial charge on any atom is 0.335 e. The minimum Gasteiger partial charge on any atom is -0.478 e. The van der Waals surface area contributed by atoms with Crippen LogP contribution in [0.5, 0.6) is 0 Å². The zero-order valence-corrected chi connectivity index (χ0v) is 11.7. The Balaban J connectivity index is 2.41. The zero-order chi connectivity index (χ0) is 14.3. The van der Waals surface area contributed by atoms with Crippen LogP contribution in [-0.2, 0) is 0 Å². The fourth-order valence-electron chi connectivity index (χ4n) is 1.98. The van der Waals surface area contributed by atoms with E-state index in [1.165, 1.54) is 18.6 Å². The number of Topliss-reactive ketones (excluding diaryl/α,β-unsaturated/α-hetero) is 1. The Bertz CT molecular complexity index is 435. The summed E-state index contributed by atoms with van der Waals surface area (Å²) in [5.74, 6) is -0.248. The highest BCUT2D eigenvalue weighted by Gasteiger charge is 2.09. The Hall–Kier alpha value is -1.64. The van der Waals surface area contributed by atoms with E-state index in [-0.39, 0.29) is 11.3 Å². The SMILES string of the molecule is CC(C)CCCCCC(=O)c1cccc(C(=O)O)c1. The molecule has 0 fully saturated rings. The van der Waals surface area contributed by atoms with E-state index in [1.54, 1.807) is 12.1 Å². The Morgan fingerprint density at radius 1 is 1.11 bits per heavy atom. The summed E-state index contributed by atoms with van der Waals surface area (Å²) in [5, 5.41) is 8.88. The van der Waals surface area contributed by atoms with Crippen LogP contribution in [0.3, 0.4) is 0 Å². The average molecular weight is 262 g/mol. The second-order valence-corrected chi connectivity index (χ2v) is 5.30. The Morgan fingerprint density at radius 3 is 2.42 bits per heavy atom. The van der Waals surface area contributed by atoms with E-state index in [2.05, 4.69) is 13.8 Å². The molecule has 1 aromatic rings. The van der Waals surface area contributed by atoms with Gasteiger partial charge in [0, 0.05) is 12.0 Å². The van der Waals surface area contributed by atoms with E-state index in [1.807, 2.05) is 0 Å². The van der Waals surface area contributed by atoms with Crippen LogP contribution in [0.25, 0.3) is 0 Å². The van der Waals surface area contributed by atoms with Crippen LogP contribution in [0.4, 0.5) is 0 Å². The Kier molecular flexibility index (Phi) is 6.26. The van der Waals surface area contributed by atoms with Gasteiger partial charge in [-0.2, -0.15) is 0 Å². The smallest absolute Gasteiger partial charge is 0.335 e. The number of carboxylic acids is 1. The molecule has 0 radical (unpaired) electrons. The second-order valence-electron chi connectivity index (χ2n) is 5.30. The lowest BCUT2D eigenvalue weighted by Crippen LogP contribution is -2.03. The molecule has 0 aromatic heterocycles. The quantitative estimate of drug-likeness (QED) is 0.565. The molecule has 0 amide bonds. The van der Waals surface area contributed by atoms with Gasteiger partial charge < -0.3 is 5.11 Å². The monoisotopic (exact) mass is 262 g/mol. The average Bonchev–Trinajstić information content (AvgIpc) is 2.37. The molecule has 1 rings (SSSR count). The molecule has 0 aliphatic rings. The predicted molar refractivity (Wildman–Crippen MR) is 75.7 cm³/mol. The number of hydrogen-bond acceptors (Lipinski definition) is 2. The van der Waals surface area contributed by atoms with Crippen molar-refractivity contribution in [1.82, 2.24) is 0 Å². The highest BCUT2D eigenvalue weighted by molar-refractivity contribution is 5.98. The Morgan fingerprint density at radius 2 is 1.79 bits per heavy atom. The number of aromatic carboxylic acids is 1. The van der Waals surface area contributed by atoms with Gasteiger partial charge >= 0.3 is 5.97 Å². The standard InChI is InChI=1S/C16H22O3/c1-12(2)7-4-3-5-10-15(17)13-8-6-9-14(11-13)16(18)19/h6,8-9,11-12H,3-5,7,10H2,1-2H3,(H,18,19). The van der Waals surface area contributed by atoms with Gasteiger partial charge in [-0.3, -0.25) is 4.79 Å². The molecule has 0 saturated heterocycles. The van der Waals surface area contributed by atoms with Crippen LogP contribution in [0.2, 0.25) is 0 Å². The fraction of sp³-hybridized carbons (Fsp3) is 0.500. The number of carbonyl (C=O) groups is 2. The van der Waals surface area contributed by atoms with Gasteiger partial charge in [-0.15, -0.1) is 0 Å². The summed E-state index contributed by atoms with van der Waals surface area (Å²) in [5.41, 5.74) is 0.675. The van der Waals surface area contributed by atoms with Gasteiger partial charge in [-0.1, -0.05) is 45.2 Å². The maximum absolute atomic E-state index is 11.9. The van der Waals surface area contributed by atoms with Crippen molar-refractivity contribution in [3.63, 3.8) is 0 Å². The van der Waals surface area contributed by atoms with Gasteiger partial charge in [0.05, 0.1) is 5.56 Å². The van der Waals surface area contributed by atoms with E-state index in [4.69, 9.17) is 5.11 Å². The van der Waals surface area contributed by atoms with Gasteiger partial charge in [0.2, 0.25) is 0 Å². The summed E-state index contributed by atoms with van der Waals surface area (Å²) in [7, 11) is 0. The van der Waals surface area contributed by atoms with Gasteiger partial charge in [0.25, 0.3) is 0 Å². The minimum absolute atomic E-state index is 0.0349. The summed E-state index contributed by atoms with van der Waals surface area (Å²) in [4.78, 5) is 22.8. The molecular formula is C16H22O3. The molecule has 3 heteroatoms. The lowest BCUT2D eigenvalue weighted by Gasteiger charge is -2.04. The van der Waals surface area contributed by atoms with Gasteiger partial charge in [-0.05, 0) is 24.5 Å². The van der Waals surface area contributed by atoms with Crippen LogP contribution in [0, 0.1) is 5.92 Å². The molecule has 0 atom stereocenters. The molecule has 0 aliphatic carbocycles. The van der Waals surface area contributed by atoms with Crippen molar-refractivity contribution < 1.29 is 14.7 Å². The van der Waals surface area contributed by atoms with Crippen LogP contribution in [-0.4, -0.2) is 16.9 Å². The van der Waals surface area contributed by atoms with E-state index in [0.717, 1.165) is 19.3 Å². The van der Waals surface area contributed by atoms with Crippen LogP contribution < -0.4 is 0 Å². The topological polar surface area (TPSA) is 54.4 Å². The first kappa shape index (κ1) is 15.4. The molecule has 19 heavy (non-hydrogen) atoms. The van der Waals surface area contributed by atoms with Gasteiger partial charge in [0.15, 0.2) is 5.78 Å². The minimum atomic E-state index is -0.994. The third kappa shape index (κ3) is 5.69. The summed E-state index contributed by atoms with van der Waals surface area (Å²) < 4.78 is 0. The number of unbranched alkanes of at least 4 members (excludes halogenated alkanes) is 2. The molecule has 3 nitrogen and oxygen atoms in total. The molecular weight excluding hydrogens is 240 g/mol. The molecule has 0 spiro atoms. The second kappa shape index (κ2) is 7.72. The third-order valence-electron chi connectivity index (χ3n) is 3.12. The lowest BCUT2D eigenvalue weighted by molar-refractivity contribution is 0.0697. The first-order valence-electron chi connectivity index (χ1n) is 6.87. The van der Waals surface area contributed by atoms with Gasteiger partial charge in [0.1, 0.15) is 0 Å². The van der Waals surface area contributed by atoms with Crippen molar-refractivity contribution >= 4 is 11.8 Å². The number of carboxylic acid groups (broad SMARTS) is 1. The largest absolute Gasteiger partial charge is 0.478 e. The molecule has 0 unspecified atom stereocenters. The zero-order valence-electron chi connectivity index (χ0n) is 11.7. The number of carbonyl (C=O) groups excluding carboxylic acids is 1. The highest BCUT2D eigenvalue weighted by Crippen LogP contribution is 2.13. The molecule has 0 aliphatic heterocycles. The highest BCUT2D eigenvalue weighted by atomic mass is 16.4. The van der Waals surface area contributed by atoms with Crippen LogP contribution in [0.15, 0.2) is 24.3 Å². The van der Waals surface area contributed by atoms with E-state index in [9.17, 15) is 9.59 Å². The summed E-state index contributed by atoms with van der Waals surface area (Å²) in [6.45, 7) is 4.39. The first-order valence-corrected chi connectivity index (χ1v) is 6.87. The summed E-state index contributed by atoms with van der Waals surface area (Å²) in [6, 6.07) is 6.26. The normalized spacial score (nSPS) is 10.7. The molecule has 1 N–H and O–H groups in total. The van der Waals surface area contributed by atoms with Gasteiger partial charge in [-0.25, -0.2) is 4.79 Å². The maximum atomic E-state index is 11.9. The van der Waals surface area contributed by atoms with Crippen molar-refractivity contribution in [2.45, 2.75) is 46.0 Å². The molecule has 0 bridgehead atoms. The first-order chi connectivity index (χ1) is 9.00. The summed E-state index contributed by atoms with van der Waals surface area (Å²) >= 11 is 0. The van der Waals surface area contributed by atoms with Crippen molar-refractivity contribution in [3.05, 3.63) is 35.4 Å². The number of ketones is 1. The number of rotatable bonds is 8. The van der Waals surface area contributed by atoms with Crippen molar-refractivity contribution in [3.8, 4) is 0 Å². The number of benzene rings is 1. The molecule has 104 valence electrons. The van der Waals surface area contributed by atoms with E-state index >= 15 is 0 Å². The third-order valence-corrected chi connectivity index (χ3v) is 3.12. The van der Waals surface area contributed by atoms with E-state index in [0.29, 0.717) is 17.9 Å². The van der Waals surface area contributed by atoms with Crippen LogP contribution >= 0.6 is 0 Å². The Labute approximate surface area is 114 Å². The van der Waals surface area contributed by atoms with Crippen LogP contribution in [0.1, 0.15) is 66.7 Å². The predicted octanol–water partition coefficient (Wildman–Crippen LogP) is 4.17. The fourth-order valence-corrected chi connectivity index (χ4v) is 1.98. The molecule has 1 aromatic carbocycles. The van der Waals surface area contributed by atoms with Crippen molar-refractivity contribution in [2.24, 2.45) is 5.92 Å². The number of hydrogen-bond donors (Lipinski definition) is 1. The van der Waals surface area contributed by atoms with Crippen molar-refractivity contribution in [2.75, 3.05) is 0 Å². The van der Waals surface area contributed by atoms with Crippen molar-refractivity contribution in [1.29, 1.82) is 0 Å². The molecule has 0 heterocycles. The summed E-state index contributed by atoms with van der Waals surface area (Å²) in [6.07, 6.45) is 4.79. The van der Waals surface area contributed by atoms with E-state index < -0.39 is 5.97 Å². The lowest BCUT2D eigenvalue weighted by atomic mass is 10.0.